The van der Waals surface area contributed by atoms with Crippen molar-refractivity contribution in [3.05, 3.63) is 53.6 Å². The topological polar surface area (TPSA) is 60.5 Å². The number of methoxy groups -OCH3 is 3. The van der Waals surface area contributed by atoms with Crippen molar-refractivity contribution >= 4 is 12.0 Å². The van der Waals surface area contributed by atoms with E-state index >= 15 is 0 Å². The van der Waals surface area contributed by atoms with Crippen LogP contribution in [0.3, 0.4) is 0 Å². The van der Waals surface area contributed by atoms with Gasteiger partial charge in [-0.3, -0.25) is 9.69 Å². The summed E-state index contributed by atoms with van der Waals surface area (Å²) in [5, 5.41) is 0. The summed E-state index contributed by atoms with van der Waals surface area (Å²) < 4.78 is 21.9. The first kappa shape index (κ1) is 23.5. The number of benzene rings is 2. The SMILES string of the molecule is C/C=C/c1ccc(OCC(=O)N2CCN(Cc3ccc(OC)c(OC)c3)CC2)c(OC)c1. The molecule has 0 atom stereocenters. The first-order chi connectivity index (χ1) is 15.6. The highest BCUT2D eigenvalue weighted by Crippen LogP contribution is 2.29. The smallest absolute Gasteiger partial charge is 0.260 e. The lowest BCUT2D eigenvalue weighted by Gasteiger charge is -2.34. The van der Waals surface area contributed by atoms with Gasteiger partial charge in [0.2, 0.25) is 0 Å². The van der Waals surface area contributed by atoms with Gasteiger partial charge >= 0.3 is 0 Å². The summed E-state index contributed by atoms with van der Waals surface area (Å²) in [6, 6.07) is 11.6. The molecule has 1 aliphatic rings. The standard InChI is InChI=1S/C25H32N2O5/c1-5-6-19-7-10-22(24(15-19)31-4)32-18-25(28)27-13-11-26(12-14-27)17-20-8-9-21(29-2)23(16-20)30-3/h5-10,15-16H,11-14,17-18H2,1-4H3/b6-5+. The van der Waals surface area contributed by atoms with Crippen LogP contribution in [-0.4, -0.2) is 69.8 Å². The maximum absolute atomic E-state index is 12.7. The molecule has 2 aromatic carbocycles. The van der Waals surface area contributed by atoms with E-state index in [0.29, 0.717) is 24.6 Å². The van der Waals surface area contributed by atoms with E-state index in [1.165, 1.54) is 0 Å². The third kappa shape index (κ3) is 5.95. The van der Waals surface area contributed by atoms with Gasteiger partial charge in [-0.15, -0.1) is 0 Å². The number of rotatable bonds is 9. The van der Waals surface area contributed by atoms with Crippen molar-refractivity contribution in [1.29, 1.82) is 0 Å². The van der Waals surface area contributed by atoms with E-state index in [-0.39, 0.29) is 12.5 Å². The zero-order valence-electron chi connectivity index (χ0n) is 19.3. The second kappa shape index (κ2) is 11.4. The van der Waals surface area contributed by atoms with E-state index in [4.69, 9.17) is 18.9 Å². The first-order valence-corrected chi connectivity index (χ1v) is 10.7. The van der Waals surface area contributed by atoms with Gasteiger partial charge in [0.05, 0.1) is 21.3 Å². The summed E-state index contributed by atoms with van der Waals surface area (Å²) >= 11 is 0. The number of carbonyl (C=O) groups excluding carboxylic acids is 1. The van der Waals surface area contributed by atoms with Gasteiger partial charge in [0.25, 0.3) is 5.91 Å². The lowest BCUT2D eigenvalue weighted by Crippen LogP contribution is -2.49. The Morgan fingerprint density at radius 2 is 1.53 bits per heavy atom. The van der Waals surface area contributed by atoms with Gasteiger partial charge in [-0.25, -0.2) is 0 Å². The second-order valence-corrected chi connectivity index (χ2v) is 7.55. The minimum atomic E-state index is -0.0182. The van der Waals surface area contributed by atoms with E-state index < -0.39 is 0 Å². The second-order valence-electron chi connectivity index (χ2n) is 7.55. The van der Waals surface area contributed by atoms with Gasteiger partial charge < -0.3 is 23.8 Å². The van der Waals surface area contributed by atoms with Gasteiger partial charge in [-0.1, -0.05) is 24.3 Å². The number of carbonyl (C=O) groups is 1. The number of ether oxygens (including phenoxy) is 4. The number of hydrogen-bond donors (Lipinski definition) is 0. The molecular formula is C25H32N2O5. The molecule has 0 unspecified atom stereocenters. The van der Waals surface area contributed by atoms with Crippen LogP contribution in [0.2, 0.25) is 0 Å². The Labute approximate surface area is 190 Å². The molecular weight excluding hydrogens is 408 g/mol. The Balaban J connectivity index is 1.49. The fourth-order valence-corrected chi connectivity index (χ4v) is 3.72. The molecule has 172 valence electrons. The van der Waals surface area contributed by atoms with Crippen LogP contribution in [0.15, 0.2) is 42.5 Å². The molecule has 1 aliphatic heterocycles. The maximum atomic E-state index is 12.7. The average Bonchev–Trinajstić information content (AvgIpc) is 2.83. The predicted molar refractivity (Wildman–Crippen MR) is 125 cm³/mol. The van der Waals surface area contributed by atoms with Crippen LogP contribution >= 0.6 is 0 Å². The number of nitrogens with zero attached hydrogens (tertiary/aromatic N) is 2. The molecule has 7 nitrogen and oxygen atoms in total. The van der Waals surface area contributed by atoms with Crippen molar-refractivity contribution in [2.45, 2.75) is 13.5 Å². The quantitative estimate of drug-likeness (QED) is 0.595. The molecule has 7 heteroatoms. The third-order valence-corrected chi connectivity index (χ3v) is 5.48. The zero-order chi connectivity index (χ0) is 22.9. The van der Waals surface area contributed by atoms with Crippen molar-refractivity contribution in [2.24, 2.45) is 0 Å². The van der Waals surface area contributed by atoms with Crippen LogP contribution < -0.4 is 18.9 Å². The summed E-state index contributed by atoms with van der Waals surface area (Å²) in [5.74, 6) is 2.62. The lowest BCUT2D eigenvalue weighted by atomic mass is 10.1. The molecule has 0 bridgehead atoms. The molecule has 2 aromatic rings. The highest BCUT2D eigenvalue weighted by Gasteiger charge is 2.22. The molecule has 0 radical (unpaired) electrons. The zero-order valence-corrected chi connectivity index (χ0v) is 19.3. The molecule has 3 rings (SSSR count). The molecule has 1 heterocycles. The first-order valence-electron chi connectivity index (χ1n) is 10.7. The van der Waals surface area contributed by atoms with Gasteiger partial charge in [-0.05, 0) is 42.3 Å². The van der Waals surface area contributed by atoms with Crippen LogP contribution in [0.5, 0.6) is 23.0 Å². The summed E-state index contributed by atoms with van der Waals surface area (Å²) in [7, 11) is 4.87. The molecule has 0 saturated carbocycles. The van der Waals surface area contributed by atoms with Gasteiger partial charge in [-0.2, -0.15) is 0 Å². The van der Waals surface area contributed by atoms with Crippen LogP contribution in [0, 0.1) is 0 Å². The van der Waals surface area contributed by atoms with E-state index in [1.54, 1.807) is 21.3 Å². The fourth-order valence-electron chi connectivity index (χ4n) is 3.72. The predicted octanol–water partition coefficient (Wildman–Crippen LogP) is 3.47. The maximum Gasteiger partial charge on any atom is 0.260 e. The minimum absolute atomic E-state index is 0.00496. The molecule has 0 spiro atoms. The molecule has 1 amide bonds. The third-order valence-electron chi connectivity index (χ3n) is 5.48. The van der Waals surface area contributed by atoms with E-state index in [0.717, 1.165) is 42.3 Å². The molecule has 1 saturated heterocycles. The summed E-state index contributed by atoms with van der Waals surface area (Å²) in [5.41, 5.74) is 2.17. The van der Waals surface area contributed by atoms with Crippen molar-refractivity contribution in [1.82, 2.24) is 9.80 Å². The molecule has 0 aliphatic carbocycles. The van der Waals surface area contributed by atoms with Gasteiger partial charge in [0.1, 0.15) is 0 Å². The largest absolute Gasteiger partial charge is 0.493 e. The normalized spacial score (nSPS) is 14.4. The van der Waals surface area contributed by atoms with Gasteiger partial charge in [0.15, 0.2) is 29.6 Å². The van der Waals surface area contributed by atoms with E-state index in [2.05, 4.69) is 4.90 Å². The van der Waals surface area contributed by atoms with Crippen LogP contribution in [0.4, 0.5) is 0 Å². The van der Waals surface area contributed by atoms with Crippen molar-refractivity contribution in [3.63, 3.8) is 0 Å². The monoisotopic (exact) mass is 440 g/mol. The van der Waals surface area contributed by atoms with Crippen LogP contribution in [-0.2, 0) is 11.3 Å². The summed E-state index contributed by atoms with van der Waals surface area (Å²) in [6.07, 6.45) is 3.95. The Morgan fingerprint density at radius 1 is 0.875 bits per heavy atom. The molecule has 1 fully saturated rings. The number of amides is 1. The molecule has 32 heavy (non-hydrogen) atoms. The highest BCUT2D eigenvalue weighted by molar-refractivity contribution is 5.78. The molecule has 0 aromatic heterocycles. The lowest BCUT2D eigenvalue weighted by molar-refractivity contribution is -0.135. The van der Waals surface area contributed by atoms with Gasteiger partial charge in [0, 0.05) is 32.7 Å². The van der Waals surface area contributed by atoms with Crippen molar-refractivity contribution in [2.75, 3.05) is 54.1 Å². The van der Waals surface area contributed by atoms with Crippen molar-refractivity contribution < 1.29 is 23.7 Å². The van der Waals surface area contributed by atoms with E-state index in [9.17, 15) is 4.79 Å². The number of piperazine rings is 1. The number of hydrogen-bond acceptors (Lipinski definition) is 6. The summed E-state index contributed by atoms with van der Waals surface area (Å²) in [6.45, 7) is 5.72. The highest BCUT2D eigenvalue weighted by atomic mass is 16.5. The van der Waals surface area contributed by atoms with Crippen molar-refractivity contribution in [3.8, 4) is 23.0 Å². The minimum Gasteiger partial charge on any atom is -0.493 e. The number of allylic oxidation sites excluding steroid dienone is 1. The molecule has 0 N–H and O–H groups in total. The fraction of sp³-hybridized carbons (Fsp3) is 0.400. The Kier molecular flexibility index (Phi) is 8.39. The van der Waals surface area contributed by atoms with Crippen LogP contribution in [0.25, 0.3) is 6.08 Å². The van der Waals surface area contributed by atoms with Crippen LogP contribution in [0.1, 0.15) is 18.1 Å². The Hall–Kier alpha value is -3.19. The summed E-state index contributed by atoms with van der Waals surface area (Å²) in [4.78, 5) is 16.8. The Bertz CT molecular complexity index is 936. The Morgan fingerprint density at radius 3 is 2.19 bits per heavy atom. The average molecular weight is 441 g/mol. The van der Waals surface area contributed by atoms with E-state index in [1.807, 2.05) is 60.4 Å².